The molecule has 1 fully saturated rings. The van der Waals surface area contributed by atoms with Gasteiger partial charge in [-0.2, -0.15) is 0 Å². The first-order valence-electron chi connectivity index (χ1n) is 11.9. The zero-order valence-corrected chi connectivity index (χ0v) is 20.9. The zero-order valence-electron chi connectivity index (χ0n) is 20.9. The maximum absolute atomic E-state index is 14.2. The second-order valence-corrected chi connectivity index (χ2v) is 10.5. The second-order valence-electron chi connectivity index (χ2n) is 10.5. The number of hydrogen-bond donors (Lipinski definition) is 1. The number of rotatable bonds is 5. The number of halogens is 2. The van der Waals surface area contributed by atoms with Gasteiger partial charge < -0.3 is 15.1 Å². The summed E-state index contributed by atoms with van der Waals surface area (Å²) >= 11 is 0. The molecule has 1 N–H and O–H groups in total. The van der Waals surface area contributed by atoms with Gasteiger partial charge in [0.05, 0.1) is 12.2 Å². The molecular formula is C26H33F2N5O2. The second kappa shape index (κ2) is 9.62. The summed E-state index contributed by atoms with van der Waals surface area (Å²) < 4.78 is 27.5. The number of likely N-dealkylation sites (N-methyl/N-ethyl adjacent to an activating group) is 1. The number of nitrogens with one attached hydrogen (secondary N) is 1. The molecule has 0 unspecified atom stereocenters. The molecule has 1 aromatic carbocycles. The Morgan fingerprint density at radius 2 is 1.97 bits per heavy atom. The SMILES string of the molecule is C[C@@H]1CN(CC(=O)N2CC(C)(C)c3cnc(Cc4ccc(F)cc4F)cc32)[C@@H](C(=O)N(C)C)CN1. The molecule has 2 aromatic rings. The predicted octanol–water partition coefficient (Wildman–Crippen LogP) is 2.33. The lowest BCUT2D eigenvalue weighted by atomic mass is 9.88. The number of carbonyl (C=O) groups is 2. The molecule has 35 heavy (non-hydrogen) atoms. The number of nitrogens with zero attached hydrogens (tertiary/aromatic N) is 4. The van der Waals surface area contributed by atoms with Crippen LogP contribution >= 0.6 is 0 Å². The van der Waals surface area contributed by atoms with Crippen molar-refractivity contribution in [3.05, 3.63) is 58.9 Å². The van der Waals surface area contributed by atoms with Crippen LogP contribution in [0.25, 0.3) is 0 Å². The van der Waals surface area contributed by atoms with Crippen LogP contribution in [0.4, 0.5) is 14.5 Å². The molecule has 3 heterocycles. The fourth-order valence-electron chi connectivity index (χ4n) is 4.94. The van der Waals surface area contributed by atoms with Crippen molar-refractivity contribution in [3.63, 3.8) is 0 Å². The third kappa shape index (κ3) is 5.21. The van der Waals surface area contributed by atoms with Crippen LogP contribution in [0.1, 0.15) is 37.6 Å². The molecule has 188 valence electrons. The molecule has 0 spiro atoms. The number of piperazine rings is 1. The summed E-state index contributed by atoms with van der Waals surface area (Å²) in [6.07, 6.45) is 1.95. The van der Waals surface area contributed by atoms with E-state index >= 15 is 0 Å². The minimum absolute atomic E-state index is 0.0350. The number of carbonyl (C=O) groups excluding carboxylic acids is 2. The molecule has 4 rings (SSSR count). The lowest BCUT2D eigenvalue weighted by molar-refractivity contribution is -0.136. The van der Waals surface area contributed by atoms with Gasteiger partial charge in [-0.1, -0.05) is 19.9 Å². The van der Waals surface area contributed by atoms with Crippen LogP contribution in [-0.2, 0) is 21.4 Å². The predicted molar refractivity (Wildman–Crippen MR) is 130 cm³/mol. The lowest BCUT2D eigenvalue weighted by Gasteiger charge is -2.39. The Balaban J connectivity index is 1.58. The van der Waals surface area contributed by atoms with E-state index in [1.54, 1.807) is 30.1 Å². The average molecular weight is 486 g/mol. The average Bonchev–Trinajstić information content (AvgIpc) is 3.05. The monoisotopic (exact) mass is 485 g/mol. The zero-order chi connectivity index (χ0) is 25.5. The van der Waals surface area contributed by atoms with Crippen molar-refractivity contribution in [2.45, 2.75) is 44.7 Å². The maximum atomic E-state index is 14.2. The maximum Gasteiger partial charge on any atom is 0.241 e. The van der Waals surface area contributed by atoms with Crippen molar-refractivity contribution in [2.75, 3.05) is 45.2 Å². The van der Waals surface area contributed by atoms with Crippen molar-refractivity contribution < 1.29 is 18.4 Å². The topological polar surface area (TPSA) is 68.8 Å². The molecule has 7 nitrogen and oxygen atoms in total. The summed E-state index contributed by atoms with van der Waals surface area (Å²) in [5, 5.41) is 3.33. The van der Waals surface area contributed by atoms with Crippen molar-refractivity contribution >= 4 is 17.5 Å². The third-order valence-electron chi connectivity index (χ3n) is 6.87. The molecule has 2 atom stereocenters. The van der Waals surface area contributed by atoms with E-state index in [1.807, 2.05) is 17.9 Å². The molecule has 0 radical (unpaired) electrons. The van der Waals surface area contributed by atoms with Gasteiger partial charge in [0.25, 0.3) is 0 Å². The highest BCUT2D eigenvalue weighted by atomic mass is 19.1. The van der Waals surface area contributed by atoms with Gasteiger partial charge in [0.15, 0.2) is 0 Å². The number of fused-ring (bicyclic) bond motifs is 1. The van der Waals surface area contributed by atoms with Crippen molar-refractivity contribution in [1.82, 2.24) is 20.1 Å². The number of anilines is 1. The normalized spacial score (nSPS) is 21.6. The van der Waals surface area contributed by atoms with E-state index in [0.717, 1.165) is 17.3 Å². The van der Waals surface area contributed by atoms with E-state index in [-0.39, 0.29) is 36.2 Å². The molecule has 1 aromatic heterocycles. The summed E-state index contributed by atoms with van der Waals surface area (Å²) in [6, 6.07) is 5.09. The molecule has 2 amide bonds. The minimum Gasteiger partial charge on any atom is -0.347 e. The largest absolute Gasteiger partial charge is 0.347 e. The van der Waals surface area contributed by atoms with E-state index < -0.39 is 17.7 Å². The first-order valence-corrected chi connectivity index (χ1v) is 11.9. The van der Waals surface area contributed by atoms with Crippen LogP contribution < -0.4 is 10.2 Å². The van der Waals surface area contributed by atoms with Crippen molar-refractivity contribution in [3.8, 4) is 0 Å². The molecule has 0 saturated carbocycles. The van der Waals surface area contributed by atoms with Gasteiger partial charge in [0.2, 0.25) is 11.8 Å². The van der Waals surface area contributed by atoms with Gasteiger partial charge in [-0.25, -0.2) is 8.78 Å². The Morgan fingerprint density at radius 3 is 2.66 bits per heavy atom. The first kappa shape index (κ1) is 25.2. The highest BCUT2D eigenvalue weighted by Gasteiger charge is 2.40. The van der Waals surface area contributed by atoms with Crippen LogP contribution in [0, 0.1) is 11.6 Å². The number of aromatic nitrogens is 1. The molecule has 9 heteroatoms. The van der Waals surface area contributed by atoms with Crippen molar-refractivity contribution in [1.29, 1.82) is 0 Å². The Bertz CT molecular complexity index is 1140. The number of pyridine rings is 1. The smallest absolute Gasteiger partial charge is 0.241 e. The molecular weight excluding hydrogens is 452 g/mol. The van der Waals surface area contributed by atoms with Crippen molar-refractivity contribution in [2.24, 2.45) is 0 Å². The fraction of sp³-hybridized carbons (Fsp3) is 0.500. The fourth-order valence-corrected chi connectivity index (χ4v) is 4.94. The van der Waals surface area contributed by atoms with Gasteiger partial charge in [-0.15, -0.1) is 0 Å². The molecule has 1 saturated heterocycles. The van der Waals surface area contributed by atoms with Gasteiger partial charge >= 0.3 is 0 Å². The van der Waals surface area contributed by atoms with E-state index in [4.69, 9.17) is 0 Å². The van der Waals surface area contributed by atoms with Gasteiger partial charge in [0, 0.05) is 75.1 Å². The van der Waals surface area contributed by atoms with E-state index in [0.29, 0.717) is 30.9 Å². The highest BCUT2D eigenvalue weighted by molar-refractivity contribution is 5.98. The summed E-state index contributed by atoms with van der Waals surface area (Å²) in [5.41, 5.74) is 2.35. The van der Waals surface area contributed by atoms with Crippen LogP contribution in [-0.4, -0.2) is 79.0 Å². The molecule has 2 aliphatic heterocycles. The van der Waals surface area contributed by atoms with Gasteiger partial charge in [-0.3, -0.25) is 19.5 Å². The summed E-state index contributed by atoms with van der Waals surface area (Å²) in [4.78, 5) is 36.1. The first-order chi connectivity index (χ1) is 16.5. The Labute approximate surface area is 205 Å². The molecule has 0 bridgehead atoms. The number of hydrogen-bond acceptors (Lipinski definition) is 5. The molecule has 0 aliphatic carbocycles. The Kier molecular flexibility index (Phi) is 6.92. The van der Waals surface area contributed by atoms with Crippen LogP contribution in [0.5, 0.6) is 0 Å². The third-order valence-corrected chi connectivity index (χ3v) is 6.87. The highest BCUT2D eigenvalue weighted by Crippen LogP contribution is 2.40. The van der Waals surface area contributed by atoms with Crippen LogP contribution in [0.2, 0.25) is 0 Å². The van der Waals surface area contributed by atoms with Crippen LogP contribution in [0.3, 0.4) is 0 Å². The van der Waals surface area contributed by atoms with E-state index in [2.05, 4.69) is 24.1 Å². The number of benzene rings is 1. The lowest BCUT2D eigenvalue weighted by Crippen LogP contribution is -2.62. The number of amides is 2. The minimum atomic E-state index is -0.625. The van der Waals surface area contributed by atoms with Crippen LogP contribution in [0.15, 0.2) is 30.5 Å². The standard InChI is InChI=1S/C26H33F2N5O2/c1-16-13-32(23(12-29-16)25(35)31(4)5)14-24(34)33-15-26(2,3)20-11-30-19(10-22(20)33)8-17-6-7-18(27)9-21(17)28/h6-7,9-11,16,23,29H,8,12-15H2,1-5H3/t16-,23-/m1/s1. The summed E-state index contributed by atoms with van der Waals surface area (Å²) in [7, 11) is 3.44. The molecule has 2 aliphatic rings. The van der Waals surface area contributed by atoms with Gasteiger partial charge in [0.1, 0.15) is 17.7 Å². The summed E-state index contributed by atoms with van der Waals surface area (Å²) in [6.45, 7) is 7.85. The van der Waals surface area contributed by atoms with E-state index in [1.165, 1.54) is 12.1 Å². The Hall–Kier alpha value is -2.91. The quantitative estimate of drug-likeness (QED) is 0.704. The summed E-state index contributed by atoms with van der Waals surface area (Å²) in [5.74, 6) is -1.37. The van der Waals surface area contributed by atoms with Gasteiger partial charge in [-0.05, 0) is 24.6 Å². The van der Waals surface area contributed by atoms with E-state index in [9.17, 15) is 18.4 Å². The Morgan fingerprint density at radius 1 is 1.23 bits per heavy atom.